The number of hydrogen-bond acceptors (Lipinski definition) is 4. The highest BCUT2D eigenvalue weighted by Gasteiger charge is 2.10. The van der Waals surface area contributed by atoms with E-state index in [1.807, 2.05) is 0 Å². The summed E-state index contributed by atoms with van der Waals surface area (Å²) in [6.07, 6.45) is 4.78. The molecule has 0 unspecified atom stereocenters. The van der Waals surface area contributed by atoms with Crippen molar-refractivity contribution in [2.75, 3.05) is 11.9 Å². The molecule has 0 aliphatic carbocycles. The van der Waals surface area contributed by atoms with Crippen LogP contribution in [0.2, 0.25) is 0 Å². The van der Waals surface area contributed by atoms with E-state index < -0.39 is 11.5 Å². The van der Waals surface area contributed by atoms with Gasteiger partial charge in [-0.2, -0.15) is 0 Å². The Labute approximate surface area is 142 Å². The van der Waals surface area contributed by atoms with Gasteiger partial charge in [-0.1, -0.05) is 18.7 Å². The Kier molecular flexibility index (Phi) is 5.88. The van der Waals surface area contributed by atoms with Gasteiger partial charge in [-0.15, -0.1) is 0 Å². The summed E-state index contributed by atoms with van der Waals surface area (Å²) >= 11 is 0. The van der Waals surface area contributed by atoms with Gasteiger partial charge in [0.15, 0.2) is 0 Å². The van der Waals surface area contributed by atoms with Crippen LogP contribution >= 0.6 is 0 Å². The van der Waals surface area contributed by atoms with Crippen molar-refractivity contribution in [2.24, 2.45) is 0 Å². The third-order valence-electron chi connectivity index (χ3n) is 3.04. The summed E-state index contributed by atoms with van der Waals surface area (Å²) in [6, 6.07) is 5.74. The summed E-state index contributed by atoms with van der Waals surface area (Å²) in [5.74, 6) is -1.30. The lowest BCUT2D eigenvalue weighted by atomic mass is 10.1. The number of carboxylic acids is 1. The number of aromatic amines is 1. The van der Waals surface area contributed by atoms with E-state index >= 15 is 0 Å². The number of carbonyl (C=O) groups is 2. The van der Waals surface area contributed by atoms with E-state index in [1.165, 1.54) is 12.4 Å². The van der Waals surface area contributed by atoms with Crippen LogP contribution in [0, 0.1) is 0 Å². The monoisotopic (exact) mass is 342 g/mol. The number of carboxylic acid groups (broad SMARTS) is 1. The average molecular weight is 342 g/mol. The van der Waals surface area contributed by atoms with Crippen molar-refractivity contribution in [3.8, 4) is 0 Å². The minimum atomic E-state index is -1.30. The van der Waals surface area contributed by atoms with Crippen molar-refractivity contribution >= 4 is 28.6 Å². The molecule has 3 aromatic rings. The highest BCUT2D eigenvalue weighted by atomic mass is 16.4. The number of benzene rings is 1. The van der Waals surface area contributed by atoms with Gasteiger partial charge in [0, 0.05) is 23.1 Å². The van der Waals surface area contributed by atoms with E-state index in [0.717, 1.165) is 0 Å². The van der Waals surface area contributed by atoms with Crippen molar-refractivity contribution in [1.29, 1.82) is 0 Å². The summed E-state index contributed by atoms with van der Waals surface area (Å²) < 4.78 is 0. The van der Waals surface area contributed by atoms with Crippen LogP contribution in [0.15, 0.2) is 47.8 Å². The number of aromatic nitrogens is 3. The maximum absolute atomic E-state index is 11.5. The SMILES string of the molecule is CCNC(=O)Nc1ccc2[nH]c(=O)c(C(=O)O)cc2c1.c1c[n-]cn1. The molecule has 2 heterocycles. The summed E-state index contributed by atoms with van der Waals surface area (Å²) in [4.78, 5) is 43.5. The molecule has 1 aromatic carbocycles. The predicted molar refractivity (Wildman–Crippen MR) is 91.8 cm³/mol. The van der Waals surface area contributed by atoms with E-state index in [1.54, 1.807) is 37.5 Å². The number of amides is 2. The number of fused-ring (bicyclic) bond motifs is 1. The van der Waals surface area contributed by atoms with Crippen molar-refractivity contribution in [3.05, 3.63) is 58.9 Å². The largest absolute Gasteiger partial charge is 0.477 e. The molecular weight excluding hydrogens is 326 g/mol. The summed E-state index contributed by atoms with van der Waals surface area (Å²) in [6.45, 7) is 2.29. The molecule has 25 heavy (non-hydrogen) atoms. The van der Waals surface area contributed by atoms with Crippen molar-refractivity contribution in [2.45, 2.75) is 6.92 Å². The lowest BCUT2D eigenvalue weighted by Gasteiger charge is -2.07. The molecule has 0 aliphatic heterocycles. The van der Waals surface area contributed by atoms with Gasteiger partial charge in [-0.25, -0.2) is 9.59 Å². The Morgan fingerprint density at radius 1 is 1.32 bits per heavy atom. The zero-order chi connectivity index (χ0) is 18.2. The molecule has 9 heteroatoms. The standard InChI is InChI=1S/C13H13N3O4.C3H3N2/c1-2-14-13(20)15-8-3-4-10-7(5-8)6-9(12(18)19)11(17)16-10;1-2-5-3-4-1/h3-6H,2H2,1H3,(H,16,17)(H,18,19)(H2,14,15,20);1-3H/q;-1. The number of carbonyl (C=O) groups excluding carboxylic acids is 1. The van der Waals surface area contributed by atoms with Crippen LogP contribution in [0.5, 0.6) is 0 Å². The molecule has 0 saturated carbocycles. The molecule has 0 bridgehead atoms. The quantitative estimate of drug-likeness (QED) is 0.567. The number of aromatic carboxylic acids is 1. The highest BCUT2D eigenvalue weighted by Crippen LogP contribution is 2.17. The van der Waals surface area contributed by atoms with Gasteiger partial charge in [0.05, 0.1) is 0 Å². The maximum Gasteiger partial charge on any atom is 0.341 e. The minimum absolute atomic E-state index is 0.340. The second-order valence-corrected chi connectivity index (χ2v) is 4.82. The molecule has 0 spiro atoms. The molecule has 3 rings (SSSR count). The predicted octanol–water partition coefficient (Wildman–Crippen LogP) is 1.41. The normalized spacial score (nSPS) is 9.80. The first-order chi connectivity index (χ1) is 12.0. The van der Waals surface area contributed by atoms with Gasteiger partial charge in [-0.05, 0) is 31.2 Å². The molecule has 0 radical (unpaired) electrons. The fraction of sp³-hybridized carbons (Fsp3) is 0.125. The lowest BCUT2D eigenvalue weighted by molar-refractivity contribution is 0.0695. The molecule has 2 aromatic heterocycles. The van der Waals surface area contributed by atoms with Gasteiger partial charge in [0.2, 0.25) is 0 Å². The minimum Gasteiger partial charge on any atom is -0.477 e. The average Bonchev–Trinajstić information content (AvgIpc) is 3.14. The molecule has 0 atom stereocenters. The van der Waals surface area contributed by atoms with Crippen LogP contribution in [0.3, 0.4) is 0 Å². The lowest BCUT2D eigenvalue weighted by Crippen LogP contribution is -2.28. The number of nitrogens with one attached hydrogen (secondary N) is 3. The van der Waals surface area contributed by atoms with E-state index in [-0.39, 0.29) is 11.6 Å². The fourth-order valence-corrected chi connectivity index (χ4v) is 1.97. The van der Waals surface area contributed by atoms with E-state index in [4.69, 9.17) is 5.11 Å². The third-order valence-corrected chi connectivity index (χ3v) is 3.04. The Hall–Kier alpha value is -3.62. The first kappa shape index (κ1) is 17.7. The molecule has 0 saturated heterocycles. The number of pyridine rings is 1. The van der Waals surface area contributed by atoms with Crippen LogP contribution in [0.1, 0.15) is 17.3 Å². The van der Waals surface area contributed by atoms with Crippen molar-refractivity contribution in [3.63, 3.8) is 0 Å². The third kappa shape index (κ3) is 4.93. The van der Waals surface area contributed by atoms with E-state index in [2.05, 4.69) is 25.6 Å². The Bertz CT molecular complexity index is 901. The van der Waals surface area contributed by atoms with Gasteiger partial charge >= 0.3 is 12.0 Å². The molecule has 2 amide bonds. The first-order valence-corrected chi connectivity index (χ1v) is 7.33. The van der Waals surface area contributed by atoms with Crippen LogP contribution < -0.4 is 21.2 Å². The van der Waals surface area contributed by atoms with Crippen LogP contribution in [0.25, 0.3) is 10.9 Å². The zero-order valence-electron chi connectivity index (χ0n) is 13.3. The van der Waals surface area contributed by atoms with Gasteiger partial charge in [0.1, 0.15) is 5.56 Å². The fourth-order valence-electron chi connectivity index (χ4n) is 1.97. The molecule has 0 fully saturated rings. The van der Waals surface area contributed by atoms with Crippen molar-refractivity contribution < 1.29 is 14.7 Å². The molecule has 9 nitrogen and oxygen atoms in total. The Morgan fingerprint density at radius 2 is 2.12 bits per heavy atom. The first-order valence-electron chi connectivity index (χ1n) is 7.33. The van der Waals surface area contributed by atoms with E-state index in [0.29, 0.717) is 23.1 Å². The number of urea groups is 1. The number of hydrogen-bond donors (Lipinski definition) is 4. The zero-order valence-corrected chi connectivity index (χ0v) is 13.3. The highest BCUT2D eigenvalue weighted by molar-refractivity contribution is 5.95. The number of anilines is 1. The van der Waals surface area contributed by atoms with Gasteiger partial charge in [0.25, 0.3) is 5.56 Å². The molecular formula is C16H16N5O4-. The van der Waals surface area contributed by atoms with Crippen LogP contribution in [0.4, 0.5) is 10.5 Å². The maximum atomic E-state index is 11.5. The smallest absolute Gasteiger partial charge is 0.341 e. The number of nitrogens with zero attached hydrogens (tertiary/aromatic N) is 2. The molecule has 4 N–H and O–H groups in total. The summed E-state index contributed by atoms with van der Waals surface area (Å²) in [7, 11) is 0. The van der Waals surface area contributed by atoms with Gasteiger partial charge < -0.3 is 30.7 Å². The van der Waals surface area contributed by atoms with E-state index in [9.17, 15) is 14.4 Å². The molecule has 0 aliphatic rings. The summed E-state index contributed by atoms with van der Waals surface area (Å²) in [5.41, 5.74) is 0.00961. The van der Waals surface area contributed by atoms with Crippen molar-refractivity contribution in [1.82, 2.24) is 20.3 Å². The Balaban J connectivity index is 0.000000386. The summed E-state index contributed by atoms with van der Waals surface area (Å²) in [5, 5.41) is 14.6. The number of imidazole rings is 1. The van der Waals surface area contributed by atoms with Crippen LogP contribution in [-0.4, -0.2) is 33.6 Å². The number of rotatable bonds is 3. The Morgan fingerprint density at radius 3 is 2.68 bits per heavy atom. The second kappa shape index (κ2) is 8.29. The number of H-pyrrole nitrogens is 1. The van der Waals surface area contributed by atoms with Crippen LogP contribution in [-0.2, 0) is 0 Å². The second-order valence-electron chi connectivity index (χ2n) is 4.82. The van der Waals surface area contributed by atoms with Gasteiger partial charge in [-0.3, -0.25) is 4.79 Å². The topological polar surface area (TPSA) is 138 Å². The molecule has 130 valence electrons.